The van der Waals surface area contributed by atoms with Gasteiger partial charge in [-0.3, -0.25) is 9.89 Å². The maximum Gasteiger partial charge on any atom is 0.251 e. The molecule has 0 saturated carbocycles. The predicted molar refractivity (Wildman–Crippen MR) is 68.4 cm³/mol. The fraction of sp³-hybridized carbons (Fsp3) is 0.250. The number of halogens is 1. The zero-order valence-corrected chi connectivity index (χ0v) is 10.7. The van der Waals surface area contributed by atoms with Crippen molar-refractivity contribution in [2.75, 3.05) is 0 Å². The first-order chi connectivity index (χ1) is 8.69. The zero-order valence-electron chi connectivity index (χ0n) is 9.90. The van der Waals surface area contributed by atoms with Crippen LogP contribution in [0.15, 0.2) is 24.4 Å². The second-order valence-electron chi connectivity index (χ2n) is 3.79. The monoisotopic (exact) mass is 264 g/mol. The SMILES string of the molecule is CCc1cc(C(=O)NCc2ccn[nH]2)cc(Cl)n1. The number of nitrogens with zero attached hydrogens (tertiary/aromatic N) is 2. The molecule has 1 amide bonds. The Kier molecular flexibility index (Phi) is 3.94. The summed E-state index contributed by atoms with van der Waals surface area (Å²) in [5.74, 6) is -0.177. The first kappa shape index (κ1) is 12.6. The third-order valence-electron chi connectivity index (χ3n) is 2.47. The average Bonchev–Trinajstić information content (AvgIpc) is 2.88. The summed E-state index contributed by atoms with van der Waals surface area (Å²) in [4.78, 5) is 16.0. The summed E-state index contributed by atoms with van der Waals surface area (Å²) < 4.78 is 0. The van der Waals surface area contributed by atoms with Gasteiger partial charge in [-0.25, -0.2) is 4.98 Å². The lowest BCUT2D eigenvalue weighted by molar-refractivity contribution is 0.0950. The van der Waals surface area contributed by atoms with Crippen molar-refractivity contribution >= 4 is 17.5 Å². The van der Waals surface area contributed by atoms with Crippen molar-refractivity contribution in [3.63, 3.8) is 0 Å². The number of carbonyl (C=O) groups is 1. The van der Waals surface area contributed by atoms with Crippen molar-refractivity contribution in [2.45, 2.75) is 19.9 Å². The third kappa shape index (κ3) is 3.07. The molecule has 0 fully saturated rings. The smallest absolute Gasteiger partial charge is 0.251 e. The topological polar surface area (TPSA) is 70.7 Å². The molecule has 2 rings (SSSR count). The van der Waals surface area contributed by atoms with Crippen molar-refractivity contribution in [2.24, 2.45) is 0 Å². The third-order valence-corrected chi connectivity index (χ3v) is 2.66. The molecule has 0 saturated heterocycles. The van der Waals surface area contributed by atoms with Crippen LogP contribution in [0.25, 0.3) is 0 Å². The highest BCUT2D eigenvalue weighted by Crippen LogP contribution is 2.11. The van der Waals surface area contributed by atoms with Crippen LogP contribution in [0.3, 0.4) is 0 Å². The molecule has 0 aliphatic carbocycles. The van der Waals surface area contributed by atoms with Gasteiger partial charge in [0.25, 0.3) is 5.91 Å². The molecule has 2 aromatic heterocycles. The van der Waals surface area contributed by atoms with Gasteiger partial charge in [-0.15, -0.1) is 0 Å². The van der Waals surface area contributed by atoms with E-state index in [-0.39, 0.29) is 5.91 Å². The summed E-state index contributed by atoms with van der Waals surface area (Å²) in [7, 11) is 0. The molecule has 0 aliphatic rings. The standard InChI is InChI=1S/C12H13ClN4O/c1-2-9-5-8(6-11(13)16-9)12(18)14-7-10-3-4-15-17-10/h3-6H,2,7H2,1H3,(H,14,18)(H,15,17). The minimum atomic E-state index is -0.177. The molecule has 2 N–H and O–H groups in total. The maximum absolute atomic E-state index is 11.9. The number of carbonyl (C=O) groups excluding carboxylic acids is 1. The molecule has 6 heteroatoms. The van der Waals surface area contributed by atoms with E-state index in [9.17, 15) is 4.79 Å². The number of aryl methyl sites for hydroxylation is 1. The lowest BCUT2D eigenvalue weighted by Gasteiger charge is -2.05. The minimum absolute atomic E-state index is 0.177. The Bertz CT molecular complexity index is 539. The quantitative estimate of drug-likeness (QED) is 0.829. The van der Waals surface area contributed by atoms with E-state index in [1.54, 1.807) is 24.4 Å². The molecule has 0 aliphatic heterocycles. The molecule has 2 heterocycles. The Hall–Kier alpha value is -1.88. The van der Waals surface area contributed by atoms with Crippen LogP contribution >= 0.6 is 11.6 Å². The second kappa shape index (κ2) is 5.64. The molecule has 5 nitrogen and oxygen atoms in total. The van der Waals surface area contributed by atoms with Crippen molar-refractivity contribution in [1.29, 1.82) is 0 Å². The van der Waals surface area contributed by atoms with E-state index >= 15 is 0 Å². The lowest BCUT2D eigenvalue weighted by Crippen LogP contribution is -2.23. The van der Waals surface area contributed by atoms with Crippen molar-refractivity contribution in [1.82, 2.24) is 20.5 Å². The van der Waals surface area contributed by atoms with Crippen LogP contribution in [0.2, 0.25) is 5.15 Å². The molecule has 0 radical (unpaired) electrons. The van der Waals surface area contributed by atoms with Gasteiger partial charge in [-0.2, -0.15) is 5.10 Å². The Morgan fingerprint density at radius 3 is 3.00 bits per heavy atom. The summed E-state index contributed by atoms with van der Waals surface area (Å²) in [6.07, 6.45) is 2.38. The first-order valence-corrected chi connectivity index (χ1v) is 5.99. The van der Waals surface area contributed by atoms with Gasteiger partial charge in [0.1, 0.15) is 5.15 Å². The fourth-order valence-corrected chi connectivity index (χ4v) is 1.75. The van der Waals surface area contributed by atoms with Crippen LogP contribution < -0.4 is 5.32 Å². The molecule has 0 aromatic carbocycles. The molecular formula is C12H13ClN4O. The Labute approximate surface area is 110 Å². The normalized spacial score (nSPS) is 10.3. The van der Waals surface area contributed by atoms with Crippen LogP contribution in [0.5, 0.6) is 0 Å². The number of nitrogens with one attached hydrogen (secondary N) is 2. The lowest BCUT2D eigenvalue weighted by atomic mass is 10.2. The predicted octanol–water partition coefficient (Wildman–Crippen LogP) is 1.95. The summed E-state index contributed by atoms with van der Waals surface area (Å²) in [6, 6.07) is 5.11. The van der Waals surface area contributed by atoms with E-state index in [2.05, 4.69) is 20.5 Å². The maximum atomic E-state index is 11.9. The van der Waals surface area contributed by atoms with Crippen LogP contribution in [0.1, 0.15) is 28.7 Å². The molecule has 94 valence electrons. The Morgan fingerprint density at radius 1 is 1.50 bits per heavy atom. The van der Waals surface area contributed by atoms with E-state index < -0.39 is 0 Å². The highest BCUT2D eigenvalue weighted by atomic mass is 35.5. The molecule has 0 atom stereocenters. The number of H-pyrrole nitrogens is 1. The van der Waals surface area contributed by atoms with Gasteiger partial charge in [-0.1, -0.05) is 18.5 Å². The first-order valence-electron chi connectivity index (χ1n) is 5.62. The van der Waals surface area contributed by atoms with Crippen LogP contribution in [-0.2, 0) is 13.0 Å². The van der Waals surface area contributed by atoms with Gasteiger partial charge < -0.3 is 5.32 Å². The number of aromatic amines is 1. The minimum Gasteiger partial charge on any atom is -0.346 e. The molecule has 0 bridgehead atoms. The van der Waals surface area contributed by atoms with Gasteiger partial charge in [0, 0.05) is 17.5 Å². The number of hydrogen-bond acceptors (Lipinski definition) is 3. The largest absolute Gasteiger partial charge is 0.346 e. The summed E-state index contributed by atoms with van der Waals surface area (Å²) in [5.41, 5.74) is 2.17. The van der Waals surface area contributed by atoms with Crippen LogP contribution in [-0.4, -0.2) is 21.1 Å². The average molecular weight is 265 g/mol. The van der Waals surface area contributed by atoms with E-state index in [1.165, 1.54) is 0 Å². The van der Waals surface area contributed by atoms with Crippen molar-refractivity contribution in [3.05, 3.63) is 46.5 Å². The second-order valence-corrected chi connectivity index (χ2v) is 4.18. The van der Waals surface area contributed by atoms with E-state index in [0.717, 1.165) is 17.8 Å². The van der Waals surface area contributed by atoms with Gasteiger partial charge in [0.15, 0.2) is 0 Å². The Morgan fingerprint density at radius 2 is 2.33 bits per heavy atom. The van der Waals surface area contributed by atoms with Gasteiger partial charge in [0.2, 0.25) is 0 Å². The van der Waals surface area contributed by atoms with Gasteiger partial charge in [0.05, 0.1) is 12.2 Å². The molecule has 0 unspecified atom stereocenters. The fourth-order valence-electron chi connectivity index (χ4n) is 1.52. The van der Waals surface area contributed by atoms with E-state index in [0.29, 0.717) is 17.3 Å². The number of aromatic nitrogens is 3. The van der Waals surface area contributed by atoms with Gasteiger partial charge in [-0.05, 0) is 24.6 Å². The van der Waals surface area contributed by atoms with Crippen molar-refractivity contribution < 1.29 is 4.79 Å². The Balaban J connectivity index is 2.06. The molecule has 18 heavy (non-hydrogen) atoms. The number of hydrogen-bond donors (Lipinski definition) is 2. The zero-order chi connectivity index (χ0) is 13.0. The number of pyridine rings is 1. The number of rotatable bonds is 4. The summed E-state index contributed by atoms with van der Waals surface area (Å²) >= 11 is 5.87. The summed E-state index contributed by atoms with van der Waals surface area (Å²) in [6.45, 7) is 2.37. The van der Waals surface area contributed by atoms with Crippen molar-refractivity contribution in [3.8, 4) is 0 Å². The van der Waals surface area contributed by atoms with E-state index in [1.807, 2.05) is 6.92 Å². The van der Waals surface area contributed by atoms with E-state index in [4.69, 9.17) is 11.6 Å². The molecule has 0 spiro atoms. The molecule has 2 aromatic rings. The van der Waals surface area contributed by atoms with Crippen LogP contribution in [0, 0.1) is 0 Å². The highest BCUT2D eigenvalue weighted by Gasteiger charge is 2.08. The van der Waals surface area contributed by atoms with Gasteiger partial charge >= 0.3 is 0 Å². The summed E-state index contributed by atoms with van der Waals surface area (Å²) in [5, 5.41) is 9.70. The number of amides is 1. The molecular weight excluding hydrogens is 252 g/mol. The highest BCUT2D eigenvalue weighted by molar-refractivity contribution is 6.29. The van der Waals surface area contributed by atoms with Crippen LogP contribution in [0.4, 0.5) is 0 Å².